The normalized spacial score (nSPS) is 10.0. The summed E-state index contributed by atoms with van der Waals surface area (Å²) in [6.07, 6.45) is 2.81. The number of nitrogens with zero attached hydrogens (tertiary/aromatic N) is 3. The van der Waals surface area contributed by atoms with Crippen molar-refractivity contribution in [3.63, 3.8) is 0 Å². The minimum Gasteiger partial charge on any atom is -0.305 e. The van der Waals surface area contributed by atoms with Crippen LogP contribution in [0, 0.1) is 0 Å². The van der Waals surface area contributed by atoms with Gasteiger partial charge in [-0.3, -0.25) is 4.79 Å². The van der Waals surface area contributed by atoms with Crippen molar-refractivity contribution in [3.05, 3.63) is 46.0 Å². The van der Waals surface area contributed by atoms with Crippen LogP contribution in [0.4, 0.5) is 5.82 Å². The van der Waals surface area contributed by atoms with Gasteiger partial charge in [0.05, 0.1) is 0 Å². The lowest BCUT2D eigenvalue weighted by Gasteiger charge is -2.03. The smallest absolute Gasteiger partial charge is 0.275 e. The Morgan fingerprint density at radius 1 is 1.29 bits per heavy atom. The van der Waals surface area contributed by atoms with E-state index in [1.807, 2.05) is 0 Å². The highest BCUT2D eigenvalue weighted by Gasteiger charge is 2.08. The predicted octanol–water partition coefficient (Wildman–Crippen LogP) is 2.54. The van der Waals surface area contributed by atoms with Crippen molar-refractivity contribution in [2.45, 2.75) is 0 Å². The van der Waals surface area contributed by atoms with Gasteiger partial charge in [0.2, 0.25) is 0 Å². The largest absolute Gasteiger partial charge is 0.305 e. The van der Waals surface area contributed by atoms with Gasteiger partial charge in [-0.05, 0) is 28.1 Å². The van der Waals surface area contributed by atoms with Crippen LogP contribution in [-0.4, -0.2) is 20.9 Å². The lowest BCUT2D eigenvalue weighted by molar-refractivity contribution is 0.102. The van der Waals surface area contributed by atoms with Crippen LogP contribution in [0.5, 0.6) is 0 Å². The maximum atomic E-state index is 11.7. The molecule has 1 amide bonds. The number of halogens is 2. The maximum absolute atomic E-state index is 11.7. The fourth-order valence-corrected chi connectivity index (χ4v) is 1.47. The van der Waals surface area contributed by atoms with Crippen LogP contribution >= 0.6 is 27.5 Å². The Morgan fingerprint density at radius 2 is 2.12 bits per heavy atom. The average molecular weight is 314 g/mol. The molecule has 0 spiro atoms. The molecule has 2 heterocycles. The summed E-state index contributed by atoms with van der Waals surface area (Å²) < 4.78 is 0.805. The molecule has 0 fully saturated rings. The fraction of sp³-hybridized carbons (Fsp3) is 0. The number of anilines is 1. The van der Waals surface area contributed by atoms with Crippen molar-refractivity contribution in [3.8, 4) is 0 Å². The molecular weight excluding hydrogens is 307 g/mol. The first-order valence-corrected chi connectivity index (χ1v) is 5.73. The summed E-state index contributed by atoms with van der Waals surface area (Å²) in [6.45, 7) is 0. The second-order valence-corrected chi connectivity index (χ2v) is 4.34. The van der Waals surface area contributed by atoms with Crippen LogP contribution in [0.3, 0.4) is 0 Å². The molecule has 0 atom stereocenters. The predicted molar refractivity (Wildman–Crippen MR) is 66.9 cm³/mol. The number of rotatable bonds is 2. The minimum absolute atomic E-state index is 0.263. The summed E-state index contributed by atoms with van der Waals surface area (Å²) in [4.78, 5) is 23.3. The highest BCUT2D eigenvalue weighted by Crippen LogP contribution is 2.11. The minimum atomic E-state index is -0.354. The molecule has 1 N–H and O–H groups in total. The van der Waals surface area contributed by atoms with E-state index in [-0.39, 0.29) is 11.1 Å². The zero-order chi connectivity index (χ0) is 12.3. The number of pyridine rings is 1. The van der Waals surface area contributed by atoms with Crippen molar-refractivity contribution in [1.82, 2.24) is 15.0 Å². The Balaban J connectivity index is 2.14. The topological polar surface area (TPSA) is 67.8 Å². The van der Waals surface area contributed by atoms with E-state index in [0.717, 1.165) is 4.47 Å². The van der Waals surface area contributed by atoms with Crippen molar-refractivity contribution >= 4 is 39.3 Å². The van der Waals surface area contributed by atoms with Gasteiger partial charge in [0.1, 0.15) is 23.0 Å². The van der Waals surface area contributed by atoms with Crippen LogP contribution in [0.2, 0.25) is 5.15 Å². The number of hydrogen-bond donors (Lipinski definition) is 1. The standard InChI is InChI=1S/C10H6BrClN4O/c11-6-1-2-7(13-4-6)10(17)16-9-3-8(12)14-5-15-9/h1-5H,(H,14,15,16,17). The van der Waals surface area contributed by atoms with Crippen LogP contribution in [0.15, 0.2) is 35.2 Å². The second kappa shape index (κ2) is 5.20. The van der Waals surface area contributed by atoms with Gasteiger partial charge in [-0.25, -0.2) is 15.0 Å². The van der Waals surface area contributed by atoms with E-state index in [1.165, 1.54) is 12.4 Å². The van der Waals surface area contributed by atoms with Crippen LogP contribution in [-0.2, 0) is 0 Å². The van der Waals surface area contributed by atoms with Gasteiger partial charge in [-0.15, -0.1) is 0 Å². The molecule has 0 radical (unpaired) electrons. The molecule has 0 bridgehead atoms. The first-order chi connectivity index (χ1) is 8.15. The van der Waals surface area contributed by atoms with Crippen LogP contribution in [0.25, 0.3) is 0 Å². The van der Waals surface area contributed by atoms with Gasteiger partial charge in [0.15, 0.2) is 0 Å². The van der Waals surface area contributed by atoms with E-state index in [0.29, 0.717) is 11.5 Å². The summed E-state index contributed by atoms with van der Waals surface area (Å²) in [5, 5.41) is 2.83. The Morgan fingerprint density at radius 3 is 2.76 bits per heavy atom. The lowest BCUT2D eigenvalue weighted by Crippen LogP contribution is -2.14. The van der Waals surface area contributed by atoms with Gasteiger partial charge in [-0.2, -0.15) is 0 Å². The maximum Gasteiger partial charge on any atom is 0.275 e. The third-order valence-corrected chi connectivity index (χ3v) is 2.51. The number of carbonyl (C=O) groups excluding carboxylic acids is 1. The van der Waals surface area contributed by atoms with Crippen molar-refractivity contribution in [1.29, 1.82) is 0 Å². The van der Waals surface area contributed by atoms with Crippen molar-refractivity contribution in [2.24, 2.45) is 0 Å². The summed E-state index contributed by atoms with van der Waals surface area (Å²) in [5.41, 5.74) is 0.294. The second-order valence-electron chi connectivity index (χ2n) is 3.04. The molecule has 0 aromatic carbocycles. The molecule has 5 nitrogen and oxygen atoms in total. The molecule has 7 heteroatoms. The molecule has 17 heavy (non-hydrogen) atoms. The van der Waals surface area contributed by atoms with E-state index in [4.69, 9.17) is 11.6 Å². The summed E-state index contributed by atoms with van der Waals surface area (Å²) in [7, 11) is 0. The number of hydrogen-bond acceptors (Lipinski definition) is 4. The first kappa shape index (κ1) is 11.9. The summed E-state index contributed by atoms with van der Waals surface area (Å²) >= 11 is 8.91. The quantitative estimate of drug-likeness (QED) is 0.865. The monoisotopic (exact) mass is 312 g/mol. The summed E-state index contributed by atoms with van der Waals surface area (Å²) in [6, 6.07) is 4.79. The molecule has 2 aromatic heterocycles. The van der Waals surface area contributed by atoms with Gasteiger partial charge in [0, 0.05) is 16.7 Å². The Hall–Kier alpha value is -1.53. The van der Waals surface area contributed by atoms with Crippen molar-refractivity contribution in [2.75, 3.05) is 5.32 Å². The van der Waals surface area contributed by atoms with Gasteiger partial charge in [0.25, 0.3) is 5.91 Å². The molecule has 0 saturated carbocycles. The molecular formula is C10H6BrClN4O. The number of amides is 1. The third-order valence-electron chi connectivity index (χ3n) is 1.84. The summed E-state index contributed by atoms with van der Waals surface area (Å²) in [5.74, 6) is -0.0213. The van der Waals surface area contributed by atoms with Crippen molar-refractivity contribution < 1.29 is 4.79 Å². The van der Waals surface area contributed by atoms with Gasteiger partial charge < -0.3 is 5.32 Å². The highest BCUT2D eigenvalue weighted by molar-refractivity contribution is 9.10. The zero-order valence-corrected chi connectivity index (χ0v) is 10.7. The number of carbonyl (C=O) groups is 1. The van der Waals surface area contributed by atoms with Gasteiger partial charge >= 0.3 is 0 Å². The fourth-order valence-electron chi connectivity index (χ4n) is 1.09. The van der Waals surface area contributed by atoms with E-state index in [9.17, 15) is 4.79 Å². The van der Waals surface area contributed by atoms with Crippen LogP contribution in [0.1, 0.15) is 10.5 Å². The Bertz CT molecular complexity index is 546. The van der Waals surface area contributed by atoms with Gasteiger partial charge in [-0.1, -0.05) is 11.6 Å². The van der Waals surface area contributed by atoms with Crippen LogP contribution < -0.4 is 5.32 Å². The number of aromatic nitrogens is 3. The molecule has 86 valence electrons. The SMILES string of the molecule is O=C(Nc1cc(Cl)ncn1)c1ccc(Br)cn1. The van der Waals surface area contributed by atoms with E-state index < -0.39 is 0 Å². The average Bonchev–Trinajstić information content (AvgIpc) is 2.29. The molecule has 2 rings (SSSR count). The highest BCUT2D eigenvalue weighted by atomic mass is 79.9. The Kier molecular flexibility index (Phi) is 3.65. The molecule has 0 aliphatic heterocycles. The van der Waals surface area contributed by atoms with E-state index >= 15 is 0 Å². The molecule has 2 aromatic rings. The third kappa shape index (κ3) is 3.21. The lowest BCUT2D eigenvalue weighted by atomic mass is 10.3. The zero-order valence-electron chi connectivity index (χ0n) is 8.39. The van der Waals surface area contributed by atoms with E-state index in [1.54, 1.807) is 18.3 Å². The van der Waals surface area contributed by atoms with E-state index in [2.05, 4.69) is 36.2 Å². The molecule has 0 saturated heterocycles. The number of nitrogens with one attached hydrogen (secondary N) is 1. The molecule has 0 aliphatic carbocycles. The Labute approximate surface area is 110 Å². The molecule has 0 aliphatic rings. The molecule has 0 unspecified atom stereocenters. The first-order valence-electron chi connectivity index (χ1n) is 4.55.